The molecule has 2 atom stereocenters. The van der Waals surface area contributed by atoms with Crippen LogP contribution < -0.4 is 10.6 Å². The third-order valence-electron chi connectivity index (χ3n) is 4.95. The van der Waals surface area contributed by atoms with E-state index in [0.717, 1.165) is 31.2 Å². The monoisotopic (exact) mass is 334 g/mol. The van der Waals surface area contributed by atoms with Gasteiger partial charge in [-0.3, -0.25) is 9.59 Å². The van der Waals surface area contributed by atoms with Gasteiger partial charge in [-0.25, -0.2) is 0 Å². The molecule has 0 spiro atoms. The highest BCUT2D eigenvalue weighted by Crippen LogP contribution is 2.36. The van der Waals surface area contributed by atoms with Crippen molar-refractivity contribution in [2.24, 2.45) is 5.92 Å². The van der Waals surface area contributed by atoms with E-state index in [1.807, 2.05) is 24.3 Å². The fraction of sp³-hybridized carbons (Fsp3) is 0.556. The van der Waals surface area contributed by atoms with E-state index in [2.05, 4.69) is 10.6 Å². The predicted octanol–water partition coefficient (Wildman–Crippen LogP) is 3.36. The Kier molecular flexibility index (Phi) is 5.21. The number of nitrogens with one attached hydrogen (secondary N) is 2. The van der Waals surface area contributed by atoms with Gasteiger partial charge in [0.05, 0.1) is 6.04 Å². The highest BCUT2D eigenvalue weighted by Gasteiger charge is 2.31. The smallest absolute Gasteiger partial charge is 0.243 e. The first-order chi connectivity index (χ1) is 11.1. The van der Waals surface area contributed by atoms with E-state index in [1.54, 1.807) is 0 Å². The van der Waals surface area contributed by atoms with Crippen LogP contribution >= 0.6 is 11.6 Å². The van der Waals surface area contributed by atoms with E-state index in [0.29, 0.717) is 17.4 Å². The van der Waals surface area contributed by atoms with Gasteiger partial charge in [-0.15, -0.1) is 0 Å². The molecule has 2 amide bonds. The maximum absolute atomic E-state index is 12.6. The molecule has 0 radical (unpaired) electrons. The standard InChI is InChI=1S/C18H23ClN2O2/c19-14-10-8-13(9-11-14)17(12-4-1-2-5-12)21-18(23)15-6-3-7-16(22)20-15/h8-12,15,17H,1-7H2,(H,20,22)(H,21,23)/t15-,17+/m1/s1. The quantitative estimate of drug-likeness (QED) is 0.887. The normalized spacial score (nSPS) is 23.3. The zero-order chi connectivity index (χ0) is 16.2. The molecular weight excluding hydrogens is 312 g/mol. The molecule has 1 aromatic rings. The maximum atomic E-state index is 12.6. The fourth-order valence-corrected chi connectivity index (χ4v) is 3.82. The molecule has 3 rings (SSSR count). The Hall–Kier alpha value is -1.55. The molecule has 1 saturated heterocycles. The van der Waals surface area contributed by atoms with Gasteiger partial charge in [-0.2, -0.15) is 0 Å². The van der Waals surface area contributed by atoms with Crippen LogP contribution in [0.4, 0.5) is 0 Å². The minimum Gasteiger partial charge on any atom is -0.347 e. The topological polar surface area (TPSA) is 58.2 Å². The van der Waals surface area contributed by atoms with Crippen LogP contribution in [0.2, 0.25) is 5.02 Å². The van der Waals surface area contributed by atoms with E-state index in [9.17, 15) is 9.59 Å². The molecule has 2 aliphatic rings. The number of piperidine rings is 1. The zero-order valence-electron chi connectivity index (χ0n) is 13.2. The summed E-state index contributed by atoms with van der Waals surface area (Å²) in [5.41, 5.74) is 1.09. The van der Waals surface area contributed by atoms with Gasteiger partial charge in [0, 0.05) is 11.4 Å². The summed E-state index contributed by atoms with van der Waals surface area (Å²) in [7, 11) is 0. The average molecular weight is 335 g/mol. The third kappa shape index (κ3) is 4.05. The van der Waals surface area contributed by atoms with Crippen molar-refractivity contribution < 1.29 is 9.59 Å². The lowest BCUT2D eigenvalue weighted by atomic mass is 9.91. The van der Waals surface area contributed by atoms with Crippen LogP contribution in [0.1, 0.15) is 56.6 Å². The molecule has 1 aliphatic heterocycles. The summed E-state index contributed by atoms with van der Waals surface area (Å²) >= 11 is 5.98. The summed E-state index contributed by atoms with van der Waals surface area (Å²) in [5, 5.41) is 6.69. The number of hydrogen-bond acceptors (Lipinski definition) is 2. The molecule has 1 aliphatic carbocycles. The largest absolute Gasteiger partial charge is 0.347 e. The Labute approximate surface area is 142 Å². The number of carbonyl (C=O) groups is 2. The van der Waals surface area contributed by atoms with Gasteiger partial charge in [-0.05, 0) is 49.3 Å². The van der Waals surface area contributed by atoms with Crippen LogP contribution in [0.25, 0.3) is 0 Å². The zero-order valence-corrected chi connectivity index (χ0v) is 13.9. The van der Waals surface area contributed by atoms with Crippen molar-refractivity contribution >= 4 is 23.4 Å². The van der Waals surface area contributed by atoms with E-state index in [-0.39, 0.29) is 17.9 Å². The van der Waals surface area contributed by atoms with E-state index < -0.39 is 6.04 Å². The minimum atomic E-state index is -0.396. The van der Waals surface area contributed by atoms with Crippen molar-refractivity contribution in [3.05, 3.63) is 34.9 Å². The lowest BCUT2D eigenvalue weighted by Gasteiger charge is -2.29. The van der Waals surface area contributed by atoms with Crippen molar-refractivity contribution in [3.8, 4) is 0 Å². The first-order valence-corrected chi connectivity index (χ1v) is 8.86. The van der Waals surface area contributed by atoms with Crippen LogP contribution in [0.3, 0.4) is 0 Å². The summed E-state index contributed by atoms with van der Waals surface area (Å²) in [6, 6.07) is 7.32. The van der Waals surface area contributed by atoms with Gasteiger partial charge in [-0.1, -0.05) is 36.6 Å². The second-order valence-corrected chi connectivity index (χ2v) is 7.03. The van der Waals surface area contributed by atoms with Crippen LogP contribution in [0.15, 0.2) is 24.3 Å². The Bertz CT molecular complexity index is 567. The summed E-state index contributed by atoms with van der Waals surface area (Å²) in [6.07, 6.45) is 6.70. The van der Waals surface area contributed by atoms with Gasteiger partial charge in [0.1, 0.15) is 6.04 Å². The summed E-state index contributed by atoms with van der Waals surface area (Å²) in [6.45, 7) is 0. The summed E-state index contributed by atoms with van der Waals surface area (Å²) in [4.78, 5) is 24.1. The predicted molar refractivity (Wildman–Crippen MR) is 90.1 cm³/mol. The third-order valence-corrected chi connectivity index (χ3v) is 5.20. The summed E-state index contributed by atoms with van der Waals surface area (Å²) in [5.74, 6) is 0.365. The second-order valence-electron chi connectivity index (χ2n) is 6.59. The van der Waals surface area contributed by atoms with Crippen molar-refractivity contribution in [2.75, 3.05) is 0 Å². The van der Waals surface area contributed by atoms with Crippen LogP contribution in [0, 0.1) is 5.92 Å². The molecular formula is C18H23ClN2O2. The molecule has 5 heteroatoms. The molecule has 0 aromatic heterocycles. The van der Waals surface area contributed by atoms with E-state index in [4.69, 9.17) is 11.6 Å². The number of rotatable bonds is 4. The number of carbonyl (C=O) groups excluding carboxylic acids is 2. The van der Waals surface area contributed by atoms with Crippen molar-refractivity contribution in [2.45, 2.75) is 57.0 Å². The molecule has 1 heterocycles. The Morgan fingerprint density at radius 1 is 1.13 bits per heavy atom. The summed E-state index contributed by atoms with van der Waals surface area (Å²) < 4.78 is 0. The maximum Gasteiger partial charge on any atom is 0.243 e. The first-order valence-electron chi connectivity index (χ1n) is 8.48. The number of halogens is 1. The SMILES string of the molecule is O=C1CCC[C@H](C(=O)N[C@H](c2ccc(Cl)cc2)C2CCCC2)N1. The second kappa shape index (κ2) is 7.35. The lowest BCUT2D eigenvalue weighted by Crippen LogP contribution is -2.50. The lowest BCUT2D eigenvalue weighted by molar-refractivity contribution is -0.131. The molecule has 23 heavy (non-hydrogen) atoms. The van der Waals surface area contributed by atoms with E-state index in [1.165, 1.54) is 12.8 Å². The number of hydrogen-bond donors (Lipinski definition) is 2. The average Bonchev–Trinajstić information content (AvgIpc) is 3.07. The van der Waals surface area contributed by atoms with Crippen LogP contribution in [0.5, 0.6) is 0 Å². The van der Waals surface area contributed by atoms with Crippen molar-refractivity contribution in [1.29, 1.82) is 0 Å². The fourth-order valence-electron chi connectivity index (χ4n) is 3.69. The first kappa shape index (κ1) is 16.3. The van der Waals surface area contributed by atoms with Gasteiger partial charge in [0.15, 0.2) is 0 Å². The Morgan fingerprint density at radius 2 is 1.83 bits per heavy atom. The van der Waals surface area contributed by atoms with E-state index >= 15 is 0 Å². The molecule has 2 fully saturated rings. The van der Waals surface area contributed by atoms with Gasteiger partial charge in [0.2, 0.25) is 11.8 Å². The number of benzene rings is 1. The van der Waals surface area contributed by atoms with Gasteiger partial charge < -0.3 is 10.6 Å². The minimum absolute atomic E-state index is 0.00101. The molecule has 1 saturated carbocycles. The van der Waals surface area contributed by atoms with Crippen molar-refractivity contribution in [1.82, 2.24) is 10.6 Å². The van der Waals surface area contributed by atoms with Crippen LogP contribution in [-0.2, 0) is 9.59 Å². The Balaban J connectivity index is 1.74. The molecule has 0 unspecified atom stereocenters. The van der Waals surface area contributed by atoms with Gasteiger partial charge in [0.25, 0.3) is 0 Å². The van der Waals surface area contributed by atoms with Gasteiger partial charge >= 0.3 is 0 Å². The molecule has 2 N–H and O–H groups in total. The number of amides is 2. The van der Waals surface area contributed by atoms with Crippen molar-refractivity contribution in [3.63, 3.8) is 0 Å². The Morgan fingerprint density at radius 3 is 2.48 bits per heavy atom. The molecule has 124 valence electrons. The van der Waals surface area contributed by atoms with Crippen LogP contribution in [-0.4, -0.2) is 17.9 Å². The molecule has 1 aromatic carbocycles. The highest BCUT2D eigenvalue weighted by atomic mass is 35.5. The molecule has 4 nitrogen and oxygen atoms in total. The highest BCUT2D eigenvalue weighted by molar-refractivity contribution is 6.30. The molecule has 0 bridgehead atoms.